The molecular weight excluding hydrogens is 282 g/mol. The lowest BCUT2D eigenvalue weighted by molar-refractivity contribution is -0.138. The Balaban J connectivity index is 1.84. The Morgan fingerprint density at radius 2 is 1.95 bits per heavy atom. The van der Waals surface area contributed by atoms with Crippen molar-refractivity contribution in [3.8, 4) is 0 Å². The van der Waals surface area contributed by atoms with Crippen LogP contribution >= 0.6 is 0 Å². The number of carboxylic acid groups (broad SMARTS) is 1. The first kappa shape index (κ1) is 16.3. The van der Waals surface area contributed by atoms with E-state index in [1.807, 2.05) is 30.3 Å². The van der Waals surface area contributed by atoms with Crippen LogP contribution < -0.4 is 5.32 Å². The van der Waals surface area contributed by atoms with E-state index >= 15 is 0 Å². The van der Waals surface area contributed by atoms with Crippen molar-refractivity contribution in [2.75, 3.05) is 0 Å². The summed E-state index contributed by atoms with van der Waals surface area (Å²) in [4.78, 5) is 22.9. The highest BCUT2D eigenvalue weighted by molar-refractivity contribution is 5.71. The number of carbonyl (C=O) groups excluding carboxylic acids is 1. The molecule has 0 bridgehead atoms. The molecule has 1 aliphatic rings. The molecule has 1 saturated carbocycles. The number of amides is 1. The van der Waals surface area contributed by atoms with Gasteiger partial charge in [0.15, 0.2) is 0 Å². The average molecular weight is 305 g/mol. The molecule has 22 heavy (non-hydrogen) atoms. The second kappa shape index (κ2) is 6.81. The second-order valence-electron chi connectivity index (χ2n) is 6.74. The zero-order valence-corrected chi connectivity index (χ0v) is 13.0. The number of hydrogen-bond acceptors (Lipinski definition) is 3. The maximum atomic E-state index is 11.9. The monoisotopic (exact) mass is 305 g/mol. The van der Waals surface area contributed by atoms with Crippen molar-refractivity contribution in [2.24, 2.45) is 11.3 Å². The highest BCUT2D eigenvalue weighted by atomic mass is 16.5. The summed E-state index contributed by atoms with van der Waals surface area (Å²) in [6.07, 6.45) is 1.22. The van der Waals surface area contributed by atoms with Gasteiger partial charge in [0.1, 0.15) is 6.61 Å². The maximum Gasteiger partial charge on any atom is 0.407 e. The van der Waals surface area contributed by atoms with Crippen LogP contribution in [0.1, 0.15) is 38.7 Å². The molecule has 2 rings (SSSR count). The molecule has 5 heteroatoms. The Hall–Kier alpha value is -2.04. The van der Waals surface area contributed by atoms with Crippen molar-refractivity contribution in [3.05, 3.63) is 35.9 Å². The molecule has 0 heterocycles. The number of nitrogens with one attached hydrogen (secondary N) is 1. The lowest BCUT2D eigenvalue weighted by Gasteiger charge is -2.46. The fraction of sp³-hybridized carbons (Fsp3) is 0.529. The van der Waals surface area contributed by atoms with Crippen molar-refractivity contribution >= 4 is 12.1 Å². The summed E-state index contributed by atoms with van der Waals surface area (Å²) in [5, 5.41) is 11.7. The third-order valence-electron chi connectivity index (χ3n) is 4.11. The van der Waals surface area contributed by atoms with Crippen molar-refractivity contribution in [1.29, 1.82) is 0 Å². The van der Waals surface area contributed by atoms with Crippen LogP contribution in [0.5, 0.6) is 0 Å². The summed E-state index contributed by atoms with van der Waals surface area (Å²) >= 11 is 0. The van der Waals surface area contributed by atoms with Gasteiger partial charge in [0, 0.05) is 6.04 Å². The first-order valence-corrected chi connectivity index (χ1v) is 7.55. The van der Waals surface area contributed by atoms with Crippen LogP contribution in [-0.2, 0) is 16.1 Å². The van der Waals surface area contributed by atoms with Gasteiger partial charge in [0.25, 0.3) is 0 Å². The summed E-state index contributed by atoms with van der Waals surface area (Å²) in [7, 11) is 0. The van der Waals surface area contributed by atoms with E-state index in [1.54, 1.807) is 0 Å². The molecule has 0 spiro atoms. The van der Waals surface area contributed by atoms with E-state index in [2.05, 4.69) is 19.2 Å². The molecule has 1 atom stereocenters. The summed E-state index contributed by atoms with van der Waals surface area (Å²) in [5.41, 5.74) is 1.13. The molecule has 1 fully saturated rings. The molecular formula is C17H23NO4. The summed E-state index contributed by atoms with van der Waals surface area (Å²) < 4.78 is 5.17. The standard InChI is InChI=1S/C17H23NO4/c1-17(2)9-13(10-17)14(8-15(19)20)18-16(21)22-11-12-6-4-3-5-7-12/h3-7,13-14H,8-11H2,1-2H3,(H,18,21)(H,19,20). The molecule has 0 aromatic heterocycles. The van der Waals surface area contributed by atoms with Gasteiger partial charge in [-0.15, -0.1) is 0 Å². The molecule has 1 aromatic carbocycles. The van der Waals surface area contributed by atoms with E-state index < -0.39 is 12.1 Å². The van der Waals surface area contributed by atoms with E-state index in [-0.39, 0.29) is 30.4 Å². The second-order valence-corrected chi connectivity index (χ2v) is 6.74. The van der Waals surface area contributed by atoms with E-state index in [0.29, 0.717) is 0 Å². The molecule has 0 aliphatic heterocycles. The summed E-state index contributed by atoms with van der Waals surface area (Å²) in [6.45, 7) is 4.48. The zero-order chi connectivity index (χ0) is 16.2. The first-order valence-electron chi connectivity index (χ1n) is 7.55. The third kappa shape index (κ3) is 4.76. The minimum Gasteiger partial charge on any atom is -0.481 e. The highest BCUT2D eigenvalue weighted by Gasteiger charge is 2.41. The van der Waals surface area contributed by atoms with Gasteiger partial charge in [-0.25, -0.2) is 4.79 Å². The van der Waals surface area contributed by atoms with Crippen molar-refractivity contribution in [2.45, 2.75) is 45.8 Å². The normalized spacial score (nSPS) is 18.1. The minimum absolute atomic E-state index is 0.0683. The minimum atomic E-state index is -0.905. The molecule has 1 amide bonds. The molecule has 1 aliphatic carbocycles. The number of ether oxygens (including phenoxy) is 1. The molecule has 0 radical (unpaired) electrons. The maximum absolute atomic E-state index is 11.9. The van der Waals surface area contributed by atoms with E-state index in [4.69, 9.17) is 9.84 Å². The fourth-order valence-corrected chi connectivity index (χ4v) is 3.08. The lowest BCUT2D eigenvalue weighted by atomic mass is 9.61. The molecule has 120 valence electrons. The Bertz CT molecular complexity index is 519. The number of rotatable bonds is 6. The molecule has 5 nitrogen and oxygen atoms in total. The quantitative estimate of drug-likeness (QED) is 0.846. The predicted molar refractivity (Wildman–Crippen MR) is 82.3 cm³/mol. The zero-order valence-electron chi connectivity index (χ0n) is 13.0. The number of aliphatic carboxylic acids is 1. The number of alkyl carbamates (subject to hydrolysis) is 1. The number of benzene rings is 1. The van der Waals surface area contributed by atoms with Gasteiger partial charge in [-0.05, 0) is 29.7 Å². The Morgan fingerprint density at radius 1 is 1.32 bits per heavy atom. The molecule has 2 N–H and O–H groups in total. The van der Waals surface area contributed by atoms with Gasteiger partial charge in [0.2, 0.25) is 0 Å². The molecule has 0 saturated heterocycles. The van der Waals surface area contributed by atoms with Crippen molar-refractivity contribution in [1.82, 2.24) is 5.32 Å². The van der Waals surface area contributed by atoms with Gasteiger partial charge in [0.05, 0.1) is 6.42 Å². The van der Waals surface area contributed by atoms with E-state index in [0.717, 1.165) is 18.4 Å². The summed E-state index contributed by atoms with van der Waals surface area (Å²) in [5.74, 6) is -0.701. The van der Waals surface area contributed by atoms with Gasteiger partial charge in [-0.3, -0.25) is 4.79 Å². The number of carboxylic acids is 1. The van der Waals surface area contributed by atoms with Gasteiger partial charge in [-0.2, -0.15) is 0 Å². The topological polar surface area (TPSA) is 75.6 Å². The van der Waals surface area contributed by atoms with Crippen LogP contribution in [0.25, 0.3) is 0 Å². The largest absolute Gasteiger partial charge is 0.481 e. The Kier molecular flexibility index (Phi) is 5.06. The van der Waals surface area contributed by atoms with Gasteiger partial charge in [-0.1, -0.05) is 44.2 Å². The lowest BCUT2D eigenvalue weighted by Crippen LogP contribution is -2.49. The van der Waals surface area contributed by atoms with E-state index in [1.165, 1.54) is 0 Å². The van der Waals surface area contributed by atoms with Crippen LogP contribution in [0, 0.1) is 11.3 Å². The Morgan fingerprint density at radius 3 is 2.50 bits per heavy atom. The fourth-order valence-electron chi connectivity index (χ4n) is 3.08. The van der Waals surface area contributed by atoms with Crippen LogP contribution in [0.2, 0.25) is 0 Å². The molecule has 1 unspecified atom stereocenters. The van der Waals surface area contributed by atoms with Crippen LogP contribution in [0.4, 0.5) is 4.79 Å². The number of hydrogen-bond donors (Lipinski definition) is 2. The van der Waals surface area contributed by atoms with Crippen LogP contribution in [-0.4, -0.2) is 23.2 Å². The van der Waals surface area contributed by atoms with Crippen molar-refractivity contribution < 1.29 is 19.4 Å². The Labute approximate surface area is 130 Å². The van der Waals surface area contributed by atoms with E-state index in [9.17, 15) is 9.59 Å². The van der Waals surface area contributed by atoms with Crippen molar-refractivity contribution in [3.63, 3.8) is 0 Å². The smallest absolute Gasteiger partial charge is 0.407 e. The van der Waals surface area contributed by atoms with Gasteiger partial charge >= 0.3 is 12.1 Å². The molecule has 1 aromatic rings. The van der Waals surface area contributed by atoms with Gasteiger partial charge < -0.3 is 15.2 Å². The summed E-state index contributed by atoms with van der Waals surface area (Å²) in [6, 6.07) is 9.02. The van der Waals surface area contributed by atoms with Crippen LogP contribution in [0.15, 0.2) is 30.3 Å². The number of carbonyl (C=O) groups is 2. The first-order chi connectivity index (χ1) is 10.4. The van der Waals surface area contributed by atoms with Crippen LogP contribution in [0.3, 0.4) is 0 Å². The third-order valence-corrected chi connectivity index (χ3v) is 4.11. The SMILES string of the molecule is CC1(C)CC(C(CC(=O)O)NC(=O)OCc2ccccc2)C1. The predicted octanol–water partition coefficient (Wildman–Crippen LogP) is 3.19. The average Bonchev–Trinajstić information content (AvgIpc) is 2.42. The highest BCUT2D eigenvalue weighted by Crippen LogP contribution is 2.46.